The van der Waals surface area contributed by atoms with E-state index >= 15 is 0 Å². The van der Waals surface area contributed by atoms with Crippen LogP contribution in [0.15, 0.2) is 0 Å². The monoisotopic (exact) mass is 293 g/mol. The fourth-order valence-electron chi connectivity index (χ4n) is 1.72. The molecule has 0 heterocycles. The molecule has 4 N–H and O–H groups in total. The van der Waals surface area contributed by atoms with Gasteiger partial charge in [-0.2, -0.15) is 0 Å². The topological polar surface area (TPSA) is 101 Å². The van der Waals surface area contributed by atoms with Gasteiger partial charge in [0.1, 0.15) is 0 Å². The van der Waals surface area contributed by atoms with Gasteiger partial charge in [0.15, 0.2) is 0 Å². The first kappa shape index (κ1) is 15.3. The van der Waals surface area contributed by atoms with Crippen molar-refractivity contribution in [3.05, 3.63) is 0 Å². The van der Waals surface area contributed by atoms with Crippen LogP contribution >= 0.6 is 12.2 Å². The van der Waals surface area contributed by atoms with Crippen LogP contribution in [0.4, 0.5) is 0 Å². The van der Waals surface area contributed by atoms with E-state index in [4.69, 9.17) is 18.0 Å². The summed E-state index contributed by atoms with van der Waals surface area (Å²) in [5.41, 5.74) is 4.07. The second kappa shape index (κ2) is 4.75. The Morgan fingerprint density at radius 3 is 2.28 bits per heavy atom. The molecule has 1 fully saturated rings. The molecule has 1 aliphatic rings. The molecule has 0 aromatic heterocycles. The van der Waals surface area contributed by atoms with E-state index in [2.05, 4.69) is 10.0 Å². The fraction of sp³-hybridized carbons (Fsp3) is 0.800. The molecule has 0 bridgehead atoms. The number of thiocarbonyl (C=S) groups is 1. The summed E-state index contributed by atoms with van der Waals surface area (Å²) in [6, 6.07) is 0. The van der Waals surface area contributed by atoms with Gasteiger partial charge in [-0.1, -0.05) is 12.2 Å². The predicted octanol–water partition coefficient (Wildman–Crippen LogP) is -0.503. The Morgan fingerprint density at radius 1 is 1.44 bits per heavy atom. The second-order valence-electron chi connectivity index (χ2n) is 5.39. The highest BCUT2D eigenvalue weighted by atomic mass is 32.2. The van der Waals surface area contributed by atoms with Gasteiger partial charge < -0.3 is 11.1 Å². The summed E-state index contributed by atoms with van der Waals surface area (Å²) in [7, 11) is -3.32. The SMILES string of the molecule is CC(C)(CNC(=O)C1(C(N)=S)CC1)NS(C)(=O)=O. The van der Waals surface area contributed by atoms with Gasteiger partial charge >= 0.3 is 0 Å². The molecular formula is C10H19N3O3S2. The predicted molar refractivity (Wildman–Crippen MR) is 73.5 cm³/mol. The van der Waals surface area contributed by atoms with Crippen LogP contribution in [0.1, 0.15) is 26.7 Å². The highest BCUT2D eigenvalue weighted by molar-refractivity contribution is 7.88. The van der Waals surface area contributed by atoms with E-state index in [1.807, 2.05) is 0 Å². The van der Waals surface area contributed by atoms with Crippen LogP contribution in [0, 0.1) is 5.41 Å². The van der Waals surface area contributed by atoms with E-state index in [0.717, 1.165) is 6.26 Å². The molecule has 0 atom stereocenters. The molecule has 0 aliphatic heterocycles. The van der Waals surface area contributed by atoms with Crippen LogP contribution in [0.25, 0.3) is 0 Å². The third-order valence-electron chi connectivity index (χ3n) is 2.81. The van der Waals surface area contributed by atoms with E-state index in [-0.39, 0.29) is 17.4 Å². The van der Waals surface area contributed by atoms with Crippen LogP contribution in [0.3, 0.4) is 0 Å². The highest BCUT2D eigenvalue weighted by Gasteiger charge is 2.52. The normalized spacial score (nSPS) is 18.2. The fourth-order valence-corrected chi connectivity index (χ4v) is 3.09. The molecule has 0 radical (unpaired) electrons. The maximum Gasteiger partial charge on any atom is 0.233 e. The Kier molecular flexibility index (Phi) is 4.04. The summed E-state index contributed by atoms with van der Waals surface area (Å²) in [6.07, 6.45) is 2.40. The molecule has 6 nitrogen and oxygen atoms in total. The summed E-state index contributed by atoms with van der Waals surface area (Å²) >= 11 is 4.87. The van der Waals surface area contributed by atoms with Gasteiger partial charge in [-0.05, 0) is 26.7 Å². The van der Waals surface area contributed by atoms with Gasteiger partial charge in [-0.15, -0.1) is 0 Å². The van der Waals surface area contributed by atoms with Gasteiger partial charge in [-0.3, -0.25) is 4.79 Å². The molecule has 1 saturated carbocycles. The minimum atomic E-state index is -3.32. The summed E-state index contributed by atoms with van der Waals surface area (Å²) in [5, 5.41) is 2.70. The molecule has 1 aliphatic carbocycles. The molecule has 0 aromatic carbocycles. The van der Waals surface area contributed by atoms with Crippen molar-refractivity contribution in [2.75, 3.05) is 12.8 Å². The van der Waals surface area contributed by atoms with Crippen molar-refractivity contribution in [3.63, 3.8) is 0 Å². The zero-order valence-corrected chi connectivity index (χ0v) is 12.4. The largest absolute Gasteiger partial charge is 0.392 e. The highest BCUT2D eigenvalue weighted by Crippen LogP contribution is 2.46. The number of amides is 1. The third kappa shape index (κ3) is 3.89. The minimum Gasteiger partial charge on any atom is -0.392 e. The van der Waals surface area contributed by atoms with E-state index in [9.17, 15) is 13.2 Å². The Hall–Kier alpha value is -0.730. The number of sulfonamides is 1. The molecule has 0 saturated heterocycles. The maximum absolute atomic E-state index is 11.9. The first-order valence-electron chi connectivity index (χ1n) is 5.56. The van der Waals surface area contributed by atoms with Crippen molar-refractivity contribution < 1.29 is 13.2 Å². The molecule has 8 heteroatoms. The lowest BCUT2D eigenvalue weighted by molar-refractivity contribution is -0.124. The van der Waals surface area contributed by atoms with Gasteiger partial charge in [-0.25, -0.2) is 13.1 Å². The first-order chi connectivity index (χ1) is 7.99. The number of carbonyl (C=O) groups excluding carboxylic acids is 1. The van der Waals surface area contributed by atoms with Crippen molar-refractivity contribution in [1.82, 2.24) is 10.0 Å². The van der Waals surface area contributed by atoms with Crippen LogP contribution in [0.2, 0.25) is 0 Å². The van der Waals surface area contributed by atoms with Crippen molar-refractivity contribution in [1.29, 1.82) is 0 Å². The Bertz CT molecular complexity index is 467. The van der Waals surface area contributed by atoms with Gasteiger partial charge in [0.2, 0.25) is 15.9 Å². The smallest absolute Gasteiger partial charge is 0.233 e. The van der Waals surface area contributed by atoms with Crippen LogP contribution in [-0.4, -0.2) is 37.7 Å². The summed E-state index contributed by atoms with van der Waals surface area (Å²) < 4.78 is 24.7. The van der Waals surface area contributed by atoms with E-state index < -0.39 is 21.0 Å². The molecule has 0 unspecified atom stereocenters. The quantitative estimate of drug-likeness (QED) is 0.573. The standard InChI is InChI=1S/C10H19N3O3S2/c1-9(2,13-18(3,15)16)6-12-8(14)10(4-5-10)7(11)17/h13H,4-6H2,1-3H3,(H2,11,17)(H,12,14). The van der Waals surface area contributed by atoms with Crippen molar-refractivity contribution in [3.8, 4) is 0 Å². The summed E-state index contributed by atoms with van der Waals surface area (Å²) in [5.74, 6) is -0.224. The zero-order valence-electron chi connectivity index (χ0n) is 10.7. The number of nitrogens with one attached hydrogen (secondary N) is 2. The molecule has 18 heavy (non-hydrogen) atoms. The zero-order chi connectivity index (χ0) is 14.2. The Balaban J connectivity index is 2.56. The van der Waals surface area contributed by atoms with E-state index in [1.54, 1.807) is 13.8 Å². The number of hydrogen-bond donors (Lipinski definition) is 3. The van der Waals surface area contributed by atoms with Crippen molar-refractivity contribution in [2.24, 2.45) is 11.1 Å². The second-order valence-corrected chi connectivity index (χ2v) is 7.58. The number of rotatable bonds is 6. The maximum atomic E-state index is 11.9. The molecular weight excluding hydrogens is 274 g/mol. The van der Waals surface area contributed by atoms with Crippen LogP contribution < -0.4 is 15.8 Å². The summed E-state index contributed by atoms with van der Waals surface area (Å²) in [4.78, 5) is 12.1. The molecule has 0 spiro atoms. The summed E-state index contributed by atoms with van der Waals surface area (Å²) in [6.45, 7) is 3.56. The minimum absolute atomic E-state index is 0.184. The van der Waals surface area contributed by atoms with Crippen LogP contribution in [-0.2, 0) is 14.8 Å². The lowest BCUT2D eigenvalue weighted by Gasteiger charge is -2.26. The van der Waals surface area contributed by atoms with E-state index in [1.165, 1.54) is 0 Å². The molecule has 1 amide bonds. The van der Waals surface area contributed by atoms with Crippen LogP contribution in [0.5, 0.6) is 0 Å². The van der Waals surface area contributed by atoms with Crippen molar-refractivity contribution in [2.45, 2.75) is 32.2 Å². The van der Waals surface area contributed by atoms with Gasteiger partial charge in [0, 0.05) is 12.1 Å². The number of carbonyl (C=O) groups is 1. The average molecular weight is 293 g/mol. The number of nitrogens with two attached hydrogens (primary N) is 1. The number of hydrogen-bond acceptors (Lipinski definition) is 4. The third-order valence-corrected chi connectivity index (χ3v) is 4.12. The lowest BCUT2D eigenvalue weighted by Crippen LogP contribution is -2.53. The van der Waals surface area contributed by atoms with Gasteiger partial charge in [0.25, 0.3) is 0 Å². The average Bonchev–Trinajstić information content (AvgIpc) is 2.90. The lowest BCUT2D eigenvalue weighted by atomic mass is 10.0. The van der Waals surface area contributed by atoms with Gasteiger partial charge in [0.05, 0.1) is 16.7 Å². The Labute approximate surface area is 113 Å². The van der Waals surface area contributed by atoms with Crippen molar-refractivity contribution >= 4 is 33.1 Å². The first-order valence-corrected chi connectivity index (χ1v) is 7.86. The molecule has 1 rings (SSSR count). The van der Waals surface area contributed by atoms with E-state index in [0.29, 0.717) is 12.8 Å². The Morgan fingerprint density at radius 2 is 1.94 bits per heavy atom. The molecule has 0 aromatic rings. The molecule has 104 valence electrons.